The van der Waals surface area contributed by atoms with Crippen LogP contribution in [-0.4, -0.2) is 5.78 Å². The van der Waals surface area contributed by atoms with Gasteiger partial charge in [0.1, 0.15) is 0 Å². The number of rotatable bonds is 2. The number of hydrogen-bond acceptors (Lipinski definition) is 2. The monoisotopic (exact) mass is 253 g/mol. The number of nitrogens with two attached hydrogens (primary N) is 1. The summed E-state index contributed by atoms with van der Waals surface area (Å²) in [5.74, 6) is -1.00. The second-order valence-electron chi connectivity index (χ2n) is 3.35. The molecule has 94 valence electrons. The van der Waals surface area contributed by atoms with Gasteiger partial charge >= 0.3 is 6.18 Å². The molecule has 0 aromatic heterocycles. The number of Topliss-reactive ketones (excluding diaryl/α,β-unsaturated/α-hetero) is 1. The number of ketones is 1. The summed E-state index contributed by atoms with van der Waals surface area (Å²) in [6.45, 7) is 0.843. The van der Waals surface area contributed by atoms with Crippen molar-refractivity contribution in [1.29, 1.82) is 0 Å². The molecule has 0 saturated heterocycles. The first-order valence-corrected chi connectivity index (χ1v) is 4.45. The molecule has 0 fully saturated rings. The van der Waals surface area contributed by atoms with Crippen LogP contribution in [0, 0.1) is 0 Å². The van der Waals surface area contributed by atoms with E-state index in [0.29, 0.717) is 6.07 Å². The standard InChI is InChI=1S/C10H8F5NO/c1-4(17)7-6(16)3-2-5(9(11)12)8(7)10(13,14)15/h2-3,9H,16H2,1H3. The van der Waals surface area contributed by atoms with Crippen LogP contribution in [-0.2, 0) is 6.18 Å². The van der Waals surface area contributed by atoms with Crippen molar-refractivity contribution in [2.75, 3.05) is 5.73 Å². The fourth-order valence-corrected chi connectivity index (χ4v) is 1.50. The van der Waals surface area contributed by atoms with E-state index in [-0.39, 0.29) is 0 Å². The van der Waals surface area contributed by atoms with Gasteiger partial charge < -0.3 is 5.73 Å². The number of carbonyl (C=O) groups excluding carboxylic acids is 1. The number of alkyl halides is 5. The van der Waals surface area contributed by atoms with Crippen LogP contribution in [0.1, 0.15) is 34.8 Å². The lowest BCUT2D eigenvalue weighted by Crippen LogP contribution is -2.17. The normalized spacial score (nSPS) is 11.9. The largest absolute Gasteiger partial charge is 0.417 e. The summed E-state index contributed by atoms with van der Waals surface area (Å²) < 4.78 is 63.0. The third-order valence-corrected chi connectivity index (χ3v) is 2.14. The minimum Gasteiger partial charge on any atom is -0.398 e. The molecular formula is C10H8F5NO. The van der Waals surface area contributed by atoms with Crippen molar-refractivity contribution in [2.24, 2.45) is 0 Å². The Morgan fingerprint density at radius 3 is 2.18 bits per heavy atom. The maximum absolute atomic E-state index is 12.7. The molecule has 0 unspecified atom stereocenters. The van der Waals surface area contributed by atoms with Crippen LogP contribution in [0.25, 0.3) is 0 Å². The van der Waals surface area contributed by atoms with Crippen molar-refractivity contribution in [3.63, 3.8) is 0 Å². The molecule has 0 aliphatic carbocycles. The molecule has 1 rings (SSSR count). The molecule has 0 atom stereocenters. The van der Waals surface area contributed by atoms with Gasteiger partial charge in [-0.25, -0.2) is 8.78 Å². The van der Waals surface area contributed by atoms with E-state index in [9.17, 15) is 26.7 Å². The zero-order valence-electron chi connectivity index (χ0n) is 8.61. The van der Waals surface area contributed by atoms with Gasteiger partial charge in [-0.3, -0.25) is 4.79 Å². The van der Waals surface area contributed by atoms with Crippen LogP contribution in [0.15, 0.2) is 12.1 Å². The number of halogens is 5. The second-order valence-corrected chi connectivity index (χ2v) is 3.35. The molecule has 1 aromatic rings. The Morgan fingerprint density at radius 2 is 1.82 bits per heavy atom. The van der Waals surface area contributed by atoms with Gasteiger partial charge in [-0.05, 0) is 13.0 Å². The van der Waals surface area contributed by atoms with E-state index in [4.69, 9.17) is 5.73 Å². The summed E-state index contributed by atoms with van der Waals surface area (Å²) in [7, 11) is 0. The lowest BCUT2D eigenvalue weighted by molar-refractivity contribution is -0.139. The quantitative estimate of drug-likeness (QED) is 0.498. The van der Waals surface area contributed by atoms with Crippen molar-refractivity contribution in [3.8, 4) is 0 Å². The third-order valence-electron chi connectivity index (χ3n) is 2.14. The van der Waals surface area contributed by atoms with Crippen molar-refractivity contribution in [2.45, 2.75) is 19.5 Å². The highest BCUT2D eigenvalue weighted by Crippen LogP contribution is 2.40. The Hall–Kier alpha value is -1.66. The maximum Gasteiger partial charge on any atom is 0.417 e. The Labute approximate surface area is 93.2 Å². The molecule has 0 aliphatic rings. The first-order valence-electron chi connectivity index (χ1n) is 4.45. The Morgan fingerprint density at radius 1 is 1.29 bits per heavy atom. The third kappa shape index (κ3) is 2.54. The van der Waals surface area contributed by atoms with Crippen LogP contribution in [0.5, 0.6) is 0 Å². The first kappa shape index (κ1) is 13.4. The Bertz CT molecular complexity index is 453. The van der Waals surface area contributed by atoms with E-state index in [2.05, 4.69) is 0 Å². The van der Waals surface area contributed by atoms with Gasteiger partial charge in [-0.2, -0.15) is 13.2 Å². The summed E-state index contributed by atoms with van der Waals surface area (Å²) >= 11 is 0. The van der Waals surface area contributed by atoms with Crippen LogP contribution >= 0.6 is 0 Å². The van der Waals surface area contributed by atoms with Crippen LogP contribution in [0.2, 0.25) is 0 Å². The van der Waals surface area contributed by atoms with Gasteiger partial charge in [0.15, 0.2) is 5.78 Å². The summed E-state index contributed by atoms with van der Waals surface area (Å²) in [6, 6.07) is 1.45. The lowest BCUT2D eigenvalue weighted by atomic mass is 9.96. The number of hydrogen-bond donors (Lipinski definition) is 1. The molecule has 0 bridgehead atoms. The molecule has 0 aliphatic heterocycles. The molecule has 1 aromatic carbocycles. The maximum atomic E-state index is 12.7. The number of benzene rings is 1. The molecule has 0 spiro atoms. The van der Waals surface area contributed by atoms with Crippen molar-refractivity contribution < 1.29 is 26.7 Å². The van der Waals surface area contributed by atoms with E-state index in [0.717, 1.165) is 13.0 Å². The van der Waals surface area contributed by atoms with Gasteiger partial charge in [-0.15, -0.1) is 0 Å². The number of carbonyl (C=O) groups is 1. The van der Waals surface area contributed by atoms with Crippen LogP contribution in [0.3, 0.4) is 0 Å². The zero-order chi connectivity index (χ0) is 13.4. The minimum absolute atomic E-state index is 0.464. The molecule has 7 heteroatoms. The second kappa shape index (κ2) is 4.31. The van der Waals surface area contributed by atoms with E-state index in [1.54, 1.807) is 0 Å². The van der Waals surface area contributed by atoms with E-state index < -0.39 is 40.8 Å². The SMILES string of the molecule is CC(=O)c1c(N)ccc(C(F)F)c1C(F)(F)F. The van der Waals surface area contributed by atoms with Gasteiger partial charge in [0.05, 0.1) is 11.1 Å². The molecule has 0 radical (unpaired) electrons. The first-order chi connectivity index (χ1) is 7.66. The van der Waals surface area contributed by atoms with Gasteiger partial charge in [0, 0.05) is 11.3 Å². The fourth-order valence-electron chi connectivity index (χ4n) is 1.50. The molecule has 0 saturated carbocycles. The smallest absolute Gasteiger partial charge is 0.398 e. The summed E-state index contributed by atoms with van der Waals surface area (Å²) in [5, 5.41) is 0. The molecule has 0 heterocycles. The van der Waals surface area contributed by atoms with Gasteiger partial charge in [0.25, 0.3) is 6.43 Å². The Kier molecular flexibility index (Phi) is 3.40. The van der Waals surface area contributed by atoms with Gasteiger partial charge in [0.2, 0.25) is 0 Å². The zero-order valence-corrected chi connectivity index (χ0v) is 8.61. The van der Waals surface area contributed by atoms with E-state index >= 15 is 0 Å². The van der Waals surface area contributed by atoms with Crippen molar-refractivity contribution in [1.82, 2.24) is 0 Å². The van der Waals surface area contributed by atoms with Crippen LogP contribution in [0.4, 0.5) is 27.6 Å². The van der Waals surface area contributed by atoms with Crippen molar-refractivity contribution >= 4 is 11.5 Å². The van der Waals surface area contributed by atoms with Crippen LogP contribution < -0.4 is 5.73 Å². The summed E-state index contributed by atoms with van der Waals surface area (Å²) in [4.78, 5) is 11.1. The summed E-state index contributed by atoms with van der Waals surface area (Å²) in [5.41, 5.74) is 0.960. The highest BCUT2D eigenvalue weighted by atomic mass is 19.4. The fraction of sp³-hybridized carbons (Fsp3) is 0.300. The predicted molar refractivity (Wildman–Crippen MR) is 50.8 cm³/mol. The highest BCUT2D eigenvalue weighted by Gasteiger charge is 2.40. The highest BCUT2D eigenvalue weighted by molar-refractivity contribution is 6.01. The molecular weight excluding hydrogens is 245 g/mol. The van der Waals surface area contributed by atoms with Gasteiger partial charge in [-0.1, -0.05) is 6.07 Å². The topological polar surface area (TPSA) is 43.1 Å². The minimum atomic E-state index is -5.05. The van der Waals surface area contributed by atoms with E-state index in [1.807, 2.05) is 0 Å². The number of anilines is 1. The number of nitrogen functional groups attached to an aromatic ring is 1. The Balaban J connectivity index is 3.68. The molecule has 17 heavy (non-hydrogen) atoms. The van der Waals surface area contributed by atoms with E-state index in [1.165, 1.54) is 0 Å². The average molecular weight is 253 g/mol. The average Bonchev–Trinajstić information content (AvgIpc) is 2.14. The molecule has 2 N–H and O–H groups in total. The molecule has 2 nitrogen and oxygen atoms in total. The molecule has 0 amide bonds. The predicted octanol–water partition coefficient (Wildman–Crippen LogP) is 3.43. The summed E-state index contributed by atoms with van der Waals surface area (Å²) in [6.07, 6.45) is -8.38. The van der Waals surface area contributed by atoms with Crippen molar-refractivity contribution in [3.05, 3.63) is 28.8 Å². The lowest BCUT2D eigenvalue weighted by Gasteiger charge is -2.17.